The molecule has 0 bridgehead atoms. The van der Waals surface area contributed by atoms with Crippen LogP contribution >= 0.6 is 0 Å². The first-order valence-corrected chi connectivity index (χ1v) is 28.5. The number of aliphatic hydroxyl groups is 1. The molecule has 2 saturated heterocycles. The predicted molar refractivity (Wildman–Crippen MR) is 320 cm³/mol. The van der Waals surface area contributed by atoms with E-state index in [1.165, 1.54) is 50.6 Å². The van der Waals surface area contributed by atoms with Crippen molar-refractivity contribution in [3.8, 4) is 5.75 Å². The monoisotopic (exact) mass is 1220 g/mol. The van der Waals surface area contributed by atoms with Gasteiger partial charge in [0.15, 0.2) is 5.96 Å². The van der Waals surface area contributed by atoms with Gasteiger partial charge in [0.25, 0.3) is 0 Å². The highest BCUT2D eigenvalue weighted by atomic mass is 16.3. The number of aromatic hydroxyl groups is 1. The molecule has 3 unspecified atom stereocenters. The molecule has 17 N–H and O–H groups in total. The molecule has 9 atom stereocenters. The Hall–Kier alpha value is -9.08. The molecule has 4 aromatic rings. The fourth-order valence-electron chi connectivity index (χ4n) is 9.97. The molecule has 0 spiro atoms. The Morgan fingerprint density at radius 1 is 0.793 bits per heavy atom. The van der Waals surface area contributed by atoms with Gasteiger partial charge in [-0.1, -0.05) is 57.9 Å². The second kappa shape index (κ2) is 32.4. The number of hydrogen-bond acceptors (Lipinski definition) is 14. The minimum atomic E-state index is -4.53. The van der Waals surface area contributed by atoms with E-state index < -0.39 is 165 Å². The van der Waals surface area contributed by atoms with E-state index in [1.54, 1.807) is 42.7 Å². The standard InChI is InChI=1S/C59H84N16O12/c1-6-63-57(86)48-14-10-22-75(48)58(87)41(13-9-21-64-59(60)61)68-51(80)42(23-32(2)3)69-52(81)43(24-33(4)5)70-53(82)44(25-34-15-17-37(77)18-16-34)71-56(85)47(30-76)74-54(83)45(26-35-28-65-39-12-8-7-11-38(35)39)72-55(84)46(27-36-29-62-31-66-36)73-50(79)40-19-20-49(78)67-40/h7-8,11-12,15-18,28-29,31-33,40-48,65,76-77H,6,9-10,13-14,19-27,30H2,1-5H3,(H,62,66)(H,63,86)(H,67,78)(H,68,80)(H,69,81)(H,70,82)(H,71,85)(H,72,84)(H,73,79)(H,74,83)(H4,60,61,64)/t40?,41?,42?,43-,44+,45-,46-,47-,48+/m0/s1/i2D3,3D3,23D2,32D,42D. The van der Waals surface area contributed by atoms with Gasteiger partial charge in [0, 0.05) is 86.6 Å². The molecule has 28 heteroatoms. The molecule has 10 amide bonds. The van der Waals surface area contributed by atoms with Crippen LogP contribution in [0, 0.1) is 11.8 Å². The zero-order valence-electron chi connectivity index (χ0n) is 58.4. The number of aromatic amines is 2. The van der Waals surface area contributed by atoms with Crippen molar-refractivity contribution in [2.75, 3.05) is 26.2 Å². The summed E-state index contributed by atoms with van der Waals surface area (Å²) in [5, 5.41) is 43.2. The lowest BCUT2D eigenvalue weighted by molar-refractivity contribution is -0.142. The molecule has 87 heavy (non-hydrogen) atoms. The van der Waals surface area contributed by atoms with Crippen LogP contribution in [0.5, 0.6) is 5.75 Å². The van der Waals surface area contributed by atoms with E-state index in [-0.39, 0.29) is 81.3 Å². The van der Waals surface area contributed by atoms with Crippen LogP contribution in [0.4, 0.5) is 0 Å². The van der Waals surface area contributed by atoms with Crippen molar-refractivity contribution in [1.29, 1.82) is 0 Å². The van der Waals surface area contributed by atoms with Crippen LogP contribution in [0.25, 0.3) is 10.9 Å². The first kappa shape index (κ1) is 53.4. The van der Waals surface area contributed by atoms with E-state index >= 15 is 9.59 Å². The van der Waals surface area contributed by atoms with Crippen molar-refractivity contribution in [3.63, 3.8) is 0 Å². The van der Waals surface area contributed by atoms with Gasteiger partial charge < -0.3 is 84.4 Å². The lowest BCUT2D eigenvalue weighted by atomic mass is 9.98. The number of amides is 10. The second-order valence-corrected chi connectivity index (χ2v) is 21.4. The SMILES string of the molecule is [2H]C([2H])([2H])C([2H])(C([2H])([2H])[2H])C([2H])([2H])C([2H])(NC(=O)[C@H](CC(C)C)NC(=O)[C@@H](Cc1ccc(O)cc1)NC(=O)[C@H](CO)NC(=O)[C@H](Cc1c[nH]c2ccccc12)NC(=O)[C@H](Cc1cnc[nH]1)NC(=O)C1CCC(=O)N1)C(=O)NC(CCCN=C(N)N)C(=O)N1CCC[C@@H]1C(=O)NCC. The largest absolute Gasteiger partial charge is 0.508 e. The number of rotatable bonds is 32. The molecule has 2 aromatic carbocycles. The Morgan fingerprint density at radius 2 is 1.44 bits per heavy atom. The number of aliphatic imine (C=N–C) groups is 1. The van der Waals surface area contributed by atoms with Crippen LogP contribution in [-0.2, 0) is 67.2 Å². The van der Waals surface area contributed by atoms with Crippen molar-refractivity contribution in [2.45, 2.75) is 159 Å². The van der Waals surface area contributed by atoms with E-state index in [9.17, 15) is 52.7 Å². The number of carbonyl (C=O) groups excluding carboxylic acids is 10. The summed E-state index contributed by atoms with van der Waals surface area (Å²) in [6, 6.07) is -4.93. The molecule has 6 rings (SSSR count). The smallest absolute Gasteiger partial charge is 0.245 e. The number of fused-ring (bicyclic) bond motifs is 1. The molecule has 2 fully saturated rings. The number of nitrogens with zero attached hydrogens (tertiary/aromatic N) is 3. The Labute approximate surface area is 518 Å². The summed E-state index contributed by atoms with van der Waals surface area (Å²) in [5.41, 5.74) is 12.7. The van der Waals surface area contributed by atoms with Gasteiger partial charge in [-0.2, -0.15) is 0 Å². The number of aliphatic hydroxyl groups excluding tert-OH is 1. The Morgan fingerprint density at radius 3 is 2.07 bits per heavy atom. The minimum absolute atomic E-state index is 0.0475. The summed E-state index contributed by atoms with van der Waals surface area (Å²) in [4.78, 5) is 157. The number of para-hydroxylation sites is 1. The van der Waals surface area contributed by atoms with Gasteiger partial charge in [0.1, 0.15) is 60.1 Å². The van der Waals surface area contributed by atoms with Crippen LogP contribution in [0.2, 0.25) is 0 Å². The average molecular weight is 1220 g/mol. The molecule has 0 saturated carbocycles. The topological polar surface area (TPSA) is 432 Å². The number of nitrogens with one attached hydrogen (secondary N) is 11. The van der Waals surface area contributed by atoms with E-state index in [4.69, 9.17) is 21.1 Å². The summed E-state index contributed by atoms with van der Waals surface area (Å²) < 4.78 is 86.6. The quantitative estimate of drug-likeness (QED) is 0.0151. The molecule has 0 radical (unpaired) electrons. The maximum absolute atomic E-state index is 15.1. The van der Waals surface area contributed by atoms with Crippen molar-refractivity contribution in [2.24, 2.45) is 28.3 Å². The number of benzene rings is 2. The molecular formula is C59H84N16O12. The summed E-state index contributed by atoms with van der Waals surface area (Å²) in [6.45, 7) is -5.02. The molecule has 2 aliphatic heterocycles. The average Bonchev–Trinajstić information content (AvgIpc) is 1.41. The maximum atomic E-state index is 15.1. The van der Waals surface area contributed by atoms with Crippen molar-refractivity contribution in [3.05, 3.63) is 84.1 Å². The molecule has 472 valence electrons. The highest BCUT2D eigenvalue weighted by molar-refractivity contribution is 5.99. The maximum Gasteiger partial charge on any atom is 0.245 e. The van der Waals surface area contributed by atoms with E-state index in [2.05, 4.69) is 62.5 Å². The Balaban J connectivity index is 1.34. The zero-order valence-corrected chi connectivity index (χ0v) is 48.4. The Bertz CT molecular complexity index is 3490. The molecule has 4 heterocycles. The normalized spacial score (nSPS) is 19.8. The predicted octanol–water partition coefficient (Wildman–Crippen LogP) is -1.44. The number of guanidine groups is 1. The van der Waals surface area contributed by atoms with Crippen molar-refractivity contribution >= 4 is 75.9 Å². The van der Waals surface area contributed by atoms with Crippen LogP contribution in [0.15, 0.2) is 72.2 Å². The number of likely N-dealkylation sites (tertiary alicyclic amines) is 1. The van der Waals surface area contributed by atoms with Gasteiger partial charge >= 0.3 is 0 Å². The van der Waals surface area contributed by atoms with Gasteiger partial charge in [0.05, 0.1) is 14.3 Å². The third-order valence-corrected chi connectivity index (χ3v) is 14.3. The van der Waals surface area contributed by atoms with Crippen molar-refractivity contribution in [1.82, 2.24) is 67.7 Å². The lowest BCUT2D eigenvalue weighted by Gasteiger charge is -2.31. The molecule has 2 aromatic heterocycles. The summed E-state index contributed by atoms with van der Waals surface area (Å²) in [6.07, 6.45) is -1.58. The zero-order chi connectivity index (χ0) is 72.0. The molecule has 28 nitrogen and oxygen atoms in total. The first-order chi connectivity index (χ1) is 45.5. The molecule has 2 aliphatic rings. The van der Waals surface area contributed by atoms with Crippen LogP contribution in [-0.4, -0.2) is 176 Å². The van der Waals surface area contributed by atoms with Gasteiger partial charge in [-0.15, -0.1) is 0 Å². The van der Waals surface area contributed by atoms with Gasteiger partial charge in [-0.3, -0.25) is 52.9 Å². The van der Waals surface area contributed by atoms with Crippen LogP contribution in [0.1, 0.15) is 116 Å². The number of phenols is 1. The third kappa shape index (κ3) is 20.0. The second-order valence-electron chi connectivity index (χ2n) is 21.4. The van der Waals surface area contributed by atoms with Crippen LogP contribution in [0.3, 0.4) is 0 Å². The number of H-pyrrole nitrogens is 2. The van der Waals surface area contributed by atoms with Gasteiger partial charge in [-0.05, 0) is 93.0 Å². The van der Waals surface area contributed by atoms with Gasteiger partial charge in [-0.25, -0.2) is 4.98 Å². The fraction of sp³-hybridized carbons (Fsp3) is 0.525. The molecule has 0 aliphatic carbocycles. The van der Waals surface area contributed by atoms with E-state index in [0.717, 1.165) is 4.90 Å². The summed E-state index contributed by atoms with van der Waals surface area (Å²) >= 11 is 0. The number of carbonyl (C=O) groups is 10. The number of aromatic nitrogens is 3. The highest BCUT2D eigenvalue weighted by Gasteiger charge is 2.40. The molecular weight excluding hydrogens is 1120 g/mol. The van der Waals surface area contributed by atoms with E-state index in [0.29, 0.717) is 28.6 Å². The van der Waals surface area contributed by atoms with Crippen molar-refractivity contribution < 1.29 is 71.9 Å². The number of imidazole rings is 1. The lowest BCUT2D eigenvalue weighted by Crippen LogP contribution is -2.61. The first-order valence-electron chi connectivity index (χ1n) is 33.5. The number of hydrogen-bond donors (Lipinski definition) is 15. The summed E-state index contributed by atoms with van der Waals surface area (Å²) in [7, 11) is 0. The number of phenolic OH excluding ortho intramolecular Hbond substituents is 1. The summed E-state index contributed by atoms with van der Waals surface area (Å²) in [5.74, 6) is -16.6. The number of likely N-dealkylation sites (N-methyl/N-ethyl adjacent to an activating group) is 1. The van der Waals surface area contributed by atoms with Crippen LogP contribution < -0.4 is 59.3 Å². The van der Waals surface area contributed by atoms with E-state index in [1.807, 2.05) is 0 Å². The third-order valence-electron chi connectivity index (χ3n) is 14.3. The highest BCUT2D eigenvalue weighted by Crippen LogP contribution is 2.22. The van der Waals surface area contributed by atoms with Gasteiger partial charge in [0.2, 0.25) is 59.1 Å². The Kier molecular flexibility index (Phi) is 19.9. The number of nitrogens with two attached hydrogens (primary N) is 2. The fourth-order valence-corrected chi connectivity index (χ4v) is 9.97. The minimum Gasteiger partial charge on any atom is -0.508 e.